The van der Waals surface area contributed by atoms with Gasteiger partial charge in [-0.05, 0) is 49.7 Å². The molecule has 0 aliphatic rings. The SMILES string of the molecule is CSc1ccccc1NC(=O)CN(C)CCOc1ccc(Cl)cc1. The fourth-order valence-corrected chi connectivity index (χ4v) is 2.79. The van der Waals surface area contributed by atoms with Crippen molar-refractivity contribution in [2.45, 2.75) is 4.90 Å². The molecule has 0 fully saturated rings. The van der Waals surface area contributed by atoms with Gasteiger partial charge in [0.15, 0.2) is 0 Å². The Morgan fingerprint density at radius 2 is 1.92 bits per heavy atom. The first kappa shape index (κ1) is 18.6. The van der Waals surface area contributed by atoms with Crippen LogP contribution >= 0.6 is 23.4 Å². The van der Waals surface area contributed by atoms with Gasteiger partial charge in [-0.25, -0.2) is 0 Å². The summed E-state index contributed by atoms with van der Waals surface area (Å²) in [6, 6.07) is 15.0. The van der Waals surface area contributed by atoms with Gasteiger partial charge < -0.3 is 10.1 Å². The first-order valence-electron chi connectivity index (χ1n) is 7.58. The molecule has 0 atom stereocenters. The number of hydrogen-bond acceptors (Lipinski definition) is 4. The number of thioether (sulfide) groups is 1. The molecular weight excluding hydrogens is 344 g/mol. The van der Waals surface area contributed by atoms with Crippen molar-refractivity contribution in [2.75, 3.05) is 38.3 Å². The number of rotatable bonds is 8. The van der Waals surface area contributed by atoms with Gasteiger partial charge in [-0.1, -0.05) is 23.7 Å². The van der Waals surface area contributed by atoms with E-state index >= 15 is 0 Å². The van der Waals surface area contributed by atoms with E-state index in [9.17, 15) is 4.79 Å². The number of halogens is 1. The summed E-state index contributed by atoms with van der Waals surface area (Å²) in [4.78, 5) is 15.1. The second-order valence-electron chi connectivity index (χ2n) is 5.29. The maximum absolute atomic E-state index is 12.1. The van der Waals surface area contributed by atoms with Crippen molar-refractivity contribution in [1.29, 1.82) is 0 Å². The molecular formula is C18H21ClN2O2S. The van der Waals surface area contributed by atoms with Crippen LogP contribution in [0.15, 0.2) is 53.4 Å². The average molecular weight is 365 g/mol. The lowest BCUT2D eigenvalue weighted by Gasteiger charge is -2.17. The van der Waals surface area contributed by atoms with E-state index in [0.29, 0.717) is 24.7 Å². The zero-order valence-electron chi connectivity index (χ0n) is 13.8. The van der Waals surface area contributed by atoms with Gasteiger partial charge in [-0.2, -0.15) is 0 Å². The standard InChI is InChI=1S/C18H21ClN2O2S/c1-21(11-12-23-15-9-7-14(19)8-10-15)13-18(22)20-16-5-3-4-6-17(16)24-2/h3-10H,11-13H2,1-2H3,(H,20,22). The molecule has 4 nitrogen and oxygen atoms in total. The molecule has 0 aliphatic carbocycles. The molecule has 2 rings (SSSR count). The summed E-state index contributed by atoms with van der Waals surface area (Å²) in [5.41, 5.74) is 0.848. The second kappa shape index (κ2) is 9.57. The molecule has 0 unspecified atom stereocenters. The van der Waals surface area contributed by atoms with E-state index in [1.165, 1.54) is 0 Å². The summed E-state index contributed by atoms with van der Waals surface area (Å²) < 4.78 is 5.63. The molecule has 128 valence electrons. The van der Waals surface area contributed by atoms with E-state index in [2.05, 4.69) is 5.32 Å². The van der Waals surface area contributed by atoms with Crippen LogP contribution in [0.5, 0.6) is 5.75 Å². The molecule has 2 aromatic rings. The van der Waals surface area contributed by atoms with Crippen LogP contribution in [-0.2, 0) is 4.79 Å². The molecule has 2 aromatic carbocycles. The van der Waals surface area contributed by atoms with Crippen LogP contribution in [0.1, 0.15) is 0 Å². The van der Waals surface area contributed by atoms with Crippen molar-refractivity contribution in [1.82, 2.24) is 4.90 Å². The summed E-state index contributed by atoms with van der Waals surface area (Å²) in [6.07, 6.45) is 1.99. The Hall–Kier alpha value is -1.69. The van der Waals surface area contributed by atoms with E-state index in [1.54, 1.807) is 23.9 Å². The highest BCUT2D eigenvalue weighted by Crippen LogP contribution is 2.24. The molecule has 0 heterocycles. The molecule has 24 heavy (non-hydrogen) atoms. The van der Waals surface area contributed by atoms with Gasteiger partial charge in [0.2, 0.25) is 5.91 Å². The van der Waals surface area contributed by atoms with E-state index in [0.717, 1.165) is 16.3 Å². The van der Waals surface area contributed by atoms with Crippen molar-refractivity contribution in [3.8, 4) is 5.75 Å². The van der Waals surface area contributed by atoms with Gasteiger partial charge in [-0.15, -0.1) is 11.8 Å². The topological polar surface area (TPSA) is 41.6 Å². The minimum atomic E-state index is -0.0366. The third-order valence-electron chi connectivity index (χ3n) is 3.35. The van der Waals surface area contributed by atoms with Crippen molar-refractivity contribution in [3.63, 3.8) is 0 Å². The maximum atomic E-state index is 12.1. The number of carbonyl (C=O) groups excluding carboxylic acids is 1. The van der Waals surface area contributed by atoms with Crippen LogP contribution in [0.3, 0.4) is 0 Å². The molecule has 1 N–H and O–H groups in total. The zero-order valence-corrected chi connectivity index (χ0v) is 15.4. The fourth-order valence-electron chi connectivity index (χ4n) is 2.11. The molecule has 0 saturated carbocycles. The maximum Gasteiger partial charge on any atom is 0.238 e. The first-order valence-corrected chi connectivity index (χ1v) is 9.18. The Bertz CT molecular complexity index is 664. The largest absolute Gasteiger partial charge is 0.492 e. The molecule has 0 bridgehead atoms. The minimum Gasteiger partial charge on any atom is -0.492 e. The van der Waals surface area contributed by atoms with Crippen LogP contribution in [0, 0.1) is 0 Å². The Balaban J connectivity index is 1.74. The predicted octanol–water partition coefficient (Wildman–Crippen LogP) is 4.01. The number of amides is 1. The number of hydrogen-bond donors (Lipinski definition) is 1. The summed E-state index contributed by atoms with van der Waals surface area (Å²) in [5, 5.41) is 3.63. The molecule has 0 saturated heterocycles. The van der Waals surface area contributed by atoms with Crippen molar-refractivity contribution in [2.24, 2.45) is 0 Å². The number of para-hydroxylation sites is 1. The van der Waals surface area contributed by atoms with Crippen LogP contribution < -0.4 is 10.1 Å². The van der Waals surface area contributed by atoms with Crippen molar-refractivity contribution in [3.05, 3.63) is 53.6 Å². The van der Waals surface area contributed by atoms with Crippen molar-refractivity contribution >= 4 is 35.0 Å². The third-order valence-corrected chi connectivity index (χ3v) is 4.40. The van der Waals surface area contributed by atoms with Crippen LogP contribution in [0.25, 0.3) is 0 Å². The second-order valence-corrected chi connectivity index (χ2v) is 6.57. The molecule has 0 aromatic heterocycles. The molecule has 0 radical (unpaired) electrons. The number of likely N-dealkylation sites (N-methyl/N-ethyl adjacent to an activating group) is 1. The van der Waals surface area contributed by atoms with Gasteiger partial charge in [-0.3, -0.25) is 9.69 Å². The number of benzene rings is 2. The van der Waals surface area contributed by atoms with Crippen LogP contribution in [-0.4, -0.2) is 43.8 Å². The third kappa shape index (κ3) is 6.07. The lowest BCUT2D eigenvalue weighted by molar-refractivity contribution is -0.117. The van der Waals surface area contributed by atoms with E-state index < -0.39 is 0 Å². The zero-order chi connectivity index (χ0) is 17.4. The van der Waals surface area contributed by atoms with Crippen molar-refractivity contribution < 1.29 is 9.53 Å². The van der Waals surface area contributed by atoms with Crippen LogP contribution in [0.2, 0.25) is 5.02 Å². The minimum absolute atomic E-state index is 0.0366. The number of nitrogens with one attached hydrogen (secondary N) is 1. The lowest BCUT2D eigenvalue weighted by atomic mass is 10.3. The summed E-state index contributed by atoms with van der Waals surface area (Å²) in [6.45, 7) is 1.47. The van der Waals surface area contributed by atoms with E-state index in [-0.39, 0.29) is 5.91 Å². The number of carbonyl (C=O) groups is 1. The normalized spacial score (nSPS) is 10.7. The monoisotopic (exact) mass is 364 g/mol. The number of nitrogens with zero attached hydrogens (tertiary/aromatic N) is 1. The van der Waals surface area contributed by atoms with Gasteiger partial charge in [0.25, 0.3) is 0 Å². The Morgan fingerprint density at radius 1 is 1.21 bits per heavy atom. The van der Waals surface area contributed by atoms with Gasteiger partial charge >= 0.3 is 0 Å². The quantitative estimate of drug-likeness (QED) is 0.718. The van der Waals surface area contributed by atoms with Gasteiger partial charge in [0, 0.05) is 16.5 Å². The predicted molar refractivity (Wildman–Crippen MR) is 101 cm³/mol. The average Bonchev–Trinajstić information content (AvgIpc) is 2.57. The number of ether oxygens (including phenoxy) is 1. The Labute approximate surface area is 152 Å². The highest BCUT2D eigenvalue weighted by atomic mass is 35.5. The van der Waals surface area contributed by atoms with Gasteiger partial charge in [0.1, 0.15) is 12.4 Å². The highest BCUT2D eigenvalue weighted by molar-refractivity contribution is 7.98. The Morgan fingerprint density at radius 3 is 2.62 bits per heavy atom. The summed E-state index contributed by atoms with van der Waals surface area (Å²) in [7, 11) is 1.89. The Kier molecular flexibility index (Phi) is 7.43. The van der Waals surface area contributed by atoms with E-state index in [1.807, 2.05) is 54.6 Å². The lowest BCUT2D eigenvalue weighted by Crippen LogP contribution is -2.33. The first-order chi connectivity index (χ1) is 11.6. The molecule has 6 heteroatoms. The summed E-state index contributed by atoms with van der Waals surface area (Å²) >= 11 is 7.44. The molecule has 0 spiro atoms. The van der Waals surface area contributed by atoms with E-state index in [4.69, 9.17) is 16.3 Å². The van der Waals surface area contributed by atoms with Gasteiger partial charge in [0.05, 0.1) is 12.2 Å². The molecule has 0 aliphatic heterocycles. The molecule has 1 amide bonds. The highest BCUT2D eigenvalue weighted by Gasteiger charge is 2.09. The summed E-state index contributed by atoms with van der Waals surface area (Å²) in [5.74, 6) is 0.733. The van der Waals surface area contributed by atoms with Crippen LogP contribution in [0.4, 0.5) is 5.69 Å². The smallest absolute Gasteiger partial charge is 0.238 e. The fraction of sp³-hybridized carbons (Fsp3) is 0.278. The number of anilines is 1.